The Labute approximate surface area is 183 Å². The quantitative estimate of drug-likeness (QED) is 0.555. The predicted molar refractivity (Wildman–Crippen MR) is 116 cm³/mol. The van der Waals surface area contributed by atoms with Crippen LogP contribution in [0.25, 0.3) is 0 Å². The summed E-state index contributed by atoms with van der Waals surface area (Å²) in [6, 6.07) is 0. The Balaban J connectivity index is 1.44. The summed E-state index contributed by atoms with van der Waals surface area (Å²) in [4.78, 5) is 29.5. The van der Waals surface area contributed by atoms with Crippen LogP contribution in [-0.4, -0.2) is 53.7 Å². The van der Waals surface area contributed by atoms with Gasteiger partial charge in [0.05, 0.1) is 29.1 Å². The number of carbonyl (C=O) groups is 2. The molecule has 3 aliphatic rings. The lowest BCUT2D eigenvalue weighted by Gasteiger charge is -2.36. The maximum Gasteiger partial charge on any atom is 0.336 e. The van der Waals surface area contributed by atoms with Crippen LogP contribution in [0.2, 0.25) is 0 Å². The van der Waals surface area contributed by atoms with E-state index in [1.807, 2.05) is 25.5 Å². The van der Waals surface area contributed by atoms with Crippen LogP contribution in [0.4, 0.5) is 0 Å². The van der Waals surface area contributed by atoms with Crippen molar-refractivity contribution < 1.29 is 19.1 Å². The zero-order valence-electron chi connectivity index (χ0n) is 18.8. The van der Waals surface area contributed by atoms with Crippen LogP contribution in [0.1, 0.15) is 68.2 Å². The van der Waals surface area contributed by atoms with Gasteiger partial charge in [-0.25, -0.2) is 4.79 Å². The van der Waals surface area contributed by atoms with Crippen molar-refractivity contribution in [3.63, 3.8) is 0 Å². The summed E-state index contributed by atoms with van der Waals surface area (Å²) in [7, 11) is 0. The predicted octanol–water partition coefficient (Wildman–Crippen LogP) is 2.60. The van der Waals surface area contributed by atoms with Gasteiger partial charge < -0.3 is 14.8 Å². The van der Waals surface area contributed by atoms with Crippen LogP contribution in [0, 0.1) is 5.41 Å². The number of amides is 1. The van der Waals surface area contributed by atoms with Gasteiger partial charge in [0.15, 0.2) is 0 Å². The van der Waals surface area contributed by atoms with Crippen LogP contribution < -0.4 is 5.32 Å². The van der Waals surface area contributed by atoms with Crippen molar-refractivity contribution in [2.75, 3.05) is 26.4 Å². The Hall–Kier alpha value is -2.48. The minimum absolute atomic E-state index is 0.0214. The van der Waals surface area contributed by atoms with Crippen molar-refractivity contribution in [3.8, 4) is 0 Å². The molecule has 0 aliphatic carbocycles. The molecule has 4 rings (SSSR count). The summed E-state index contributed by atoms with van der Waals surface area (Å²) in [6.45, 7) is 8.86. The molecule has 1 saturated heterocycles. The van der Waals surface area contributed by atoms with Gasteiger partial charge >= 0.3 is 5.97 Å². The maximum atomic E-state index is 12.9. The van der Waals surface area contributed by atoms with Crippen molar-refractivity contribution >= 4 is 17.6 Å². The largest absolute Gasteiger partial charge is 0.462 e. The highest BCUT2D eigenvalue weighted by molar-refractivity contribution is 6.01. The molecule has 1 amide bonds. The topological polar surface area (TPSA) is 94.8 Å². The number of allylic oxidation sites excluding steroid dienone is 1. The van der Waals surface area contributed by atoms with E-state index in [2.05, 4.69) is 10.3 Å². The number of aryl methyl sites for hydroxylation is 2. The van der Waals surface area contributed by atoms with Gasteiger partial charge in [0.1, 0.15) is 0 Å². The molecule has 8 heteroatoms. The summed E-state index contributed by atoms with van der Waals surface area (Å²) in [5.41, 5.74) is 4.96. The number of hydrogen-bond acceptors (Lipinski definition) is 6. The second-order valence-corrected chi connectivity index (χ2v) is 8.89. The molecule has 168 valence electrons. The molecule has 0 unspecified atom stereocenters. The standard InChI is InChI=1S/C23H32N4O4/c1-4-18-20-19(13-23(14-24-21(20)28)6-10-30-11-7-23)27(26-18)8-5-9-31-22(29)17-12-15(2)25-16(17)3/h4-14H2,1-3H3,(H,24,28). The van der Waals surface area contributed by atoms with Crippen LogP contribution in [0.15, 0.2) is 16.3 Å². The van der Waals surface area contributed by atoms with Gasteiger partial charge in [0.2, 0.25) is 0 Å². The second-order valence-electron chi connectivity index (χ2n) is 8.89. The van der Waals surface area contributed by atoms with Crippen molar-refractivity contribution in [2.24, 2.45) is 10.4 Å². The van der Waals surface area contributed by atoms with Crippen LogP contribution in [0.3, 0.4) is 0 Å². The van der Waals surface area contributed by atoms with E-state index >= 15 is 0 Å². The molecule has 4 heterocycles. The second kappa shape index (κ2) is 8.94. The first-order valence-corrected chi connectivity index (χ1v) is 11.3. The molecule has 1 aromatic rings. The molecular weight excluding hydrogens is 396 g/mol. The fourth-order valence-electron chi connectivity index (χ4n) is 4.82. The van der Waals surface area contributed by atoms with E-state index in [9.17, 15) is 9.59 Å². The van der Waals surface area contributed by atoms with E-state index in [0.29, 0.717) is 44.5 Å². The molecule has 0 radical (unpaired) electrons. The Morgan fingerprint density at radius 2 is 2.06 bits per heavy atom. The lowest BCUT2D eigenvalue weighted by molar-refractivity contribution is -0.139. The molecule has 1 N–H and O–H groups in total. The number of nitrogens with zero attached hydrogens (tertiary/aromatic N) is 3. The number of esters is 1. The molecule has 31 heavy (non-hydrogen) atoms. The molecule has 1 fully saturated rings. The molecule has 3 aliphatic heterocycles. The van der Waals surface area contributed by atoms with E-state index in [0.717, 1.165) is 60.8 Å². The number of aliphatic imine (C=N–C) groups is 1. The summed E-state index contributed by atoms with van der Waals surface area (Å²) in [6.07, 6.45) is 4.62. The SMILES string of the molecule is CCc1nn(CCCOC(=O)C2=C(C)N=C(C)C2)c2c1C(=O)NCC1(CCOCC1)C2. The number of ether oxygens (including phenoxy) is 2. The molecule has 8 nitrogen and oxygen atoms in total. The van der Waals surface area contributed by atoms with E-state index in [-0.39, 0.29) is 17.3 Å². The highest BCUT2D eigenvalue weighted by Crippen LogP contribution is 2.37. The summed E-state index contributed by atoms with van der Waals surface area (Å²) in [5, 5.41) is 7.89. The van der Waals surface area contributed by atoms with Crippen LogP contribution >= 0.6 is 0 Å². The number of nitrogens with one attached hydrogen (secondary N) is 1. The Morgan fingerprint density at radius 1 is 1.29 bits per heavy atom. The highest BCUT2D eigenvalue weighted by atomic mass is 16.5. The van der Waals surface area contributed by atoms with Crippen LogP contribution in [-0.2, 0) is 33.7 Å². The molecule has 0 saturated carbocycles. The highest BCUT2D eigenvalue weighted by Gasteiger charge is 2.39. The lowest BCUT2D eigenvalue weighted by Crippen LogP contribution is -2.40. The van der Waals surface area contributed by atoms with Gasteiger partial charge in [0, 0.05) is 50.6 Å². The first kappa shape index (κ1) is 21.7. The Kier molecular flexibility index (Phi) is 6.27. The van der Waals surface area contributed by atoms with E-state index in [4.69, 9.17) is 14.6 Å². The third kappa shape index (κ3) is 4.44. The normalized spacial score (nSPS) is 20.4. The van der Waals surface area contributed by atoms with Gasteiger partial charge in [-0.1, -0.05) is 6.92 Å². The maximum absolute atomic E-state index is 12.9. The lowest BCUT2D eigenvalue weighted by atomic mass is 9.76. The minimum Gasteiger partial charge on any atom is -0.462 e. The average Bonchev–Trinajstić information content (AvgIpc) is 3.24. The zero-order valence-corrected chi connectivity index (χ0v) is 18.8. The fraction of sp³-hybridized carbons (Fsp3) is 0.652. The van der Waals surface area contributed by atoms with Gasteiger partial charge in [0.25, 0.3) is 5.91 Å². The zero-order chi connectivity index (χ0) is 22.0. The first-order valence-electron chi connectivity index (χ1n) is 11.3. The molecule has 0 bridgehead atoms. The number of rotatable bonds is 6. The number of carbonyl (C=O) groups excluding carboxylic acids is 2. The third-order valence-corrected chi connectivity index (χ3v) is 6.63. The minimum atomic E-state index is -0.285. The van der Waals surface area contributed by atoms with Gasteiger partial charge in [-0.15, -0.1) is 0 Å². The number of hydrogen-bond donors (Lipinski definition) is 1. The van der Waals surface area contributed by atoms with Gasteiger partial charge in [-0.05, 0) is 44.9 Å². The number of aromatic nitrogens is 2. The van der Waals surface area contributed by atoms with Crippen LogP contribution in [0.5, 0.6) is 0 Å². The molecule has 1 aromatic heterocycles. The first-order chi connectivity index (χ1) is 14.9. The van der Waals surface area contributed by atoms with Crippen molar-refractivity contribution in [3.05, 3.63) is 28.2 Å². The number of fused-ring (bicyclic) bond motifs is 1. The fourth-order valence-corrected chi connectivity index (χ4v) is 4.82. The van der Waals surface area contributed by atoms with Crippen molar-refractivity contribution in [2.45, 2.75) is 65.8 Å². The van der Waals surface area contributed by atoms with Crippen molar-refractivity contribution in [1.82, 2.24) is 15.1 Å². The smallest absolute Gasteiger partial charge is 0.336 e. The third-order valence-electron chi connectivity index (χ3n) is 6.63. The Bertz CT molecular complexity index is 938. The summed E-state index contributed by atoms with van der Waals surface area (Å²) < 4.78 is 13.0. The summed E-state index contributed by atoms with van der Waals surface area (Å²) in [5.74, 6) is -0.306. The molecular formula is C23H32N4O4. The van der Waals surface area contributed by atoms with Crippen molar-refractivity contribution in [1.29, 1.82) is 0 Å². The molecule has 1 spiro atoms. The van der Waals surface area contributed by atoms with Gasteiger partial charge in [-0.2, -0.15) is 5.10 Å². The monoisotopic (exact) mass is 428 g/mol. The van der Waals surface area contributed by atoms with E-state index < -0.39 is 0 Å². The van der Waals surface area contributed by atoms with E-state index in [1.54, 1.807) is 0 Å². The Morgan fingerprint density at radius 3 is 2.74 bits per heavy atom. The average molecular weight is 429 g/mol. The molecule has 0 aromatic carbocycles. The summed E-state index contributed by atoms with van der Waals surface area (Å²) >= 11 is 0. The molecule has 0 atom stereocenters. The van der Waals surface area contributed by atoms with Gasteiger partial charge in [-0.3, -0.25) is 14.5 Å². The van der Waals surface area contributed by atoms with E-state index in [1.165, 1.54) is 0 Å².